The van der Waals surface area contributed by atoms with E-state index in [0.717, 1.165) is 25.1 Å². The van der Waals surface area contributed by atoms with Gasteiger partial charge in [-0.3, -0.25) is 19.4 Å². The molecule has 2 aromatic rings. The van der Waals surface area contributed by atoms with Crippen LogP contribution in [0.5, 0.6) is 0 Å². The number of nitrogens with one attached hydrogen (secondary N) is 1. The third kappa shape index (κ3) is 2.94. The summed E-state index contributed by atoms with van der Waals surface area (Å²) >= 11 is 0. The molecule has 0 bridgehead atoms. The first-order valence-electron chi connectivity index (χ1n) is 9.48. The summed E-state index contributed by atoms with van der Waals surface area (Å²) in [5.41, 5.74) is 1.76. The molecule has 1 saturated heterocycles. The first kappa shape index (κ1) is 17.8. The standard InChI is InChI=1S/C21H26N4O2/c1-21(2)20(27)22-15-8-4-5-9-16(15)25(21)19(26)14-24-13-7-11-18(24)17-10-6-12-23(17)3/h4-6,8-10,12,18H,7,11,13-14H2,1-3H3,(H,22,27). The zero-order valence-electron chi connectivity index (χ0n) is 16.1. The molecule has 6 nitrogen and oxygen atoms in total. The van der Waals surface area contributed by atoms with Gasteiger partial charge in [0.25, 0.3) is 0 Å². The van der Waals surface area contributed by atoms with Crippen molar-refractivity contribution in [3.8, 4) is 0 Å². The van der Waals surface area contributed by atoms with Crippen LogP contribution in [0.15, 0.2) is 42.6 Å². The van der Waals surface area contributed by atoms with Gasteiger partial charge in [0, 0.05) is 18.9 Å². The number of hydrogen-bond acceptors (Lipinski definition) is 3. The van der Waals surface area contributed by atoms with Gasteiger partial charge >= 0.3 is 0 Å². The van der Waals surface area contributed by atoms with Crippen molar-refractivity contribution in [1.29, 1.82) is 0 Å². The summed E-state index contributed by atoms with van der Waals surface area (Å²) in [6.45, 7) is 4.80. The lowest BCUT2D eigenvalue weighted by Gasteiger charge is -2.43. The number of fused-ring (bicyclic) bond motifs is 1. The SMILES string of the molecule is Cn1cccc1C1CCCN1CC(=O)N1c2ccccc2NC(=O)C1(C)C. The van der Waals surface area contributed by atoms with Crippen LogP contribution in [0.4, 0.5) is 11.4 Å². The molecule has 0 saturated carbocycles. The lowest BCUT2D eigenvalue weighted by molar-refractivity contribution is -0.127. The van der Waals surface area contributed by atoms with Crippen LogP contribution in [0.3, 0.4) is 0 Å². The van der Waals surface area contributed by atoms with Gasteiger partial charge in [-0.25, -0.2) is 0 Å². The Bertz CT molecular complexity index is 886. The molecule has 0 spiro atoms. The third-order valence-electron chi connectivity index (χ3n) is 5.78. The van der Waals surface area contributed by atoms with Gasteiger partial charge in [0.15, 0.2) is 0 Å². The van der Waals surface area contributed by atoms with Gasteiger partial charge in [0.05, 0.1) is 24.0 Å². The molecular weight excluding hydrogens is 340 g/mol. The Labute approximate surface area is 159 Å². The Kier molecular flexibility index (Phi) is 4.30. The number of benzene rings is 1. The van der Waals surface area contributed by atoms with Gasteiger partial charge in [-0.1, -0.05) is 12.1 Å². The number of amides is 2. The number of aryl methyl sites for hydroxylation is 1. The predicted octanol–water partition coefficient (Wildman–Crippen LogP) is 2.93. The predicted molar refractivity (Wildman–Crippen MR) is 106 cm³/mol. The fraction of sp³-hybridized carbons (Fsp3) is 0.429. The maximum absolute atomic E-state index is 13.4. The molecule has 4 rings (SSSR count). The van der Waals surface area contributed by atoms with E-state index in [9.17, 15) is 9.59 Å². The monoisotopic (exact) mass is 366 g/mol. The lowest BCUT2D eigenvalue weighted by Crippen LogP contribution is -2.60. The van der Waals surface area contributed by atoms with Crippen LogP contribution >= 0.6 is 0 Å². The van der Waals surface area contributed by atoms with Crippen molar-refractivity contribution in [3.05, 3.63) is 48.3 Å². The molecule has 6 heteroatoms. The number of para-hydroxylation sites is 2. The van der Waals surface area contributed by atoms with Crippen molar-refractivity contribution in [2.75, 3.05) is 23.3 Å². The fourth-order valence-electron chi connectivity index (χ4n) is 4.31. The fourth-order valence-corrected chi connectivity index (χ4v) is 4.31. The number of nitrogens with zero attached hydrogens (tertiary/aromatic N) is 3. The first-order valence-corrected chi connectivity index (χ1v) is 9.48. The molecule has 1 aromatic carbocycles. The topological polar surface area (TPSA) is 57.6 Å². The average Bonchev–Trinajstić information content (AvgIpc) is 3.24. The third-order valence-corrected chi connectivity index (χ3v) is 5.78. The van der Waals surface area contributed by atoms with Crippen LogP contribution in [0.1, 0.15) is 38.4 Å². The molecule has 0 radical (unpaired) electrons. The summed E-state index contributed by atoms with van der Waals surface area (Å²) in [7, 11) is 2.04. The second-order valence-corrected chi connectivity index (χ2v) is 7.93. The Balaban J connectivity index is 1.62. The van der Waals surface area contributed by atoms with E-state index in [1.807, 2.05) is 43.6 Å². The number of anilines is 2. The van der Waals surface area contributed by atoms with Gasteiger partial charge < -0.3 is 9.88 Å². The minimum Gasteiger partial charge on any atom is -0.353 e. The van der Waals surface area contributed by atoms with E-state index in [4.69, 9.17) is 0 Å². The summed E-state index contributed by atoms with van der Waals surface area (Å²) < 4.78 is 2.13. The average molecular weight is 366 g/mol. The number of rotatable bonds is 3. The highest BCUT2D eigenvalue weighted by Crippen LogP contribution is 2.38. The van der Waals surface area contributed by atoms with Crippen LogP contribution in [0, 0.1) is 0 Å². The molecule has 27 heavy (non-hydrogen) atoms. The molecule has 1 aromatic heterocycles. The molecule has 1 unspecified atom stereocenters. The normalized spacial score (nSPS) is 21.8. The van der Waals surface area contributed by atoms with E-state index < -0.39 is 5.54 Å². The Morgan fingerprint density at radius 1 is 1.22 bits per heavy atom. The van der Waals surface area contributed by atoms with Crippen molar-refractivity contribution in [1.82, 2.24) is 9.47 Å². The number of likely N-dealkylation sites (tertiary alicyclic amines) is 1. The van der Waals surface area contributed by atoms with Gasteiger partial charge in [0.1, 0.15) is 5.54 Å². The maximum atomic E-state index is 13.4. The zero-order valence-corrected chi connectivity index (χ0v) is 16.1. The van der Waals surface area contributed by atoms with Crippen molar-refractivity contribution < 1.29 is 9.59 Å². The number of aromatic nitrogens is 1. The van der Waals surface area contributed by atoms with E-state index in [-0.39, 0.29) is 17.9 Å². The van der Waals surface area contributed by atoms with E-state index in [0.29, 0.717) is 12.2 Å². The Morgan fingerprint density at radius 3 is 2.74 bits per heavy atom. The second-order valence-electron chi connectivity index (χ2n) is 7.93. The number of carbonyl (C=O) groups is 2. The molecule has 2 aliphatic heterocycles. The summed E-state index contributed by atoms with van der Waals surface area (Å²) in [5, 5.41) is 2.92. The first-order chi connectivity index (χ1) is 12.9. The van der Waals surface area contributed by atoms with E-state index in [1.54, 1.807) is 18.7 Å². The Hall–Kier alpha value is -2.60. The molecular formula is C21H26N4O2. The highest BCUT2D eigenvalue weighted by Gasteiger charge is 2.44. The minimum absolute atomic E-state index is 0.0385. The number of hydrogen-bond donors (Lipinski definition) is 1. The second kappa shape index (κ2) is 6.53. The van der Waals surface area contributed by atoms with Gasteiger partial charge in [-0.2, -0.15) is 0 Å². The summed E-state index contributed by atoms with van der Waals surface area (Å²) in [5.74, 6) is -0.196. The minimum atomic E-state index is -0.925. The van der Waals surface area contributed by atoms with Crippen molar-refractivity contribution in [3.63, 3.8) is 0 Å². The molecule has 2 amide bonds. The summed E-state index contributed by atoms with van der Waals surface area (Å²) in [6, 6.07) is 11.9. The van der Waals surface area contributed by atoms with Crippen molar-refractivity contribution >= 4 is 23.2 Å². The van der Waals surface area contributed by atoms with E-state index >= 15 is 0 Å². The highest BCUT2D eigenvalue weighted by atomic mass is 16.2. The zero-order chi connectivity index (χ0) is 19.2. The summed E-state index contributed by atoms with van der Waals surface area (Å²) in [4.78, 5) is 29.9. The van der Waals surface area contributed by atoms with Gasteiger partial charge in [-0.15, -0.1) is 0 Å². The quantitative estimate of drug-likeness (QED) is 0.909. The molecule has 2 aliphatic rings. The largest absolute Gasteiger partial charge is 0.353 e. The van der Waals surface area contributed by atoms with Crippen molar-refractivity contribution in [2.24, 2.45) is 7.05 Å². The Morgan fingerprint density at radius 2 is 2.00 bits per heavy atom. The molecule has 0 aliphatic carbocycles. The van der Waals surface area contributed by atoms with E-state index in [2.05, 4.69) is 20.9 Å². The molecule has 1 fully saturated rings. The van der Waals surface area contributed by atoms with Crippen LogP contribution in [-0.4, -0.2) is 39.9 Å². The van der Waals surface area contributed by atoms with Crippen LogP contribution < -0.4 is 10.2 Å². The number of carbonyl (C=O) groups excluding carboxylic acids is 2. The smallest absolute Gasteiger partial charge is 0.250 e. The lowest BCUT2D eigenvalue weighted by atomic mass is 9.96. The van der Waals surface area contributed by atoms with E-state index in [1.165, 1.54) is 5.69 Å². The van der Waals surface area contributed by atoms with Gasteiger partial charge in [0.2, 0.25) is 11.8 Å². The molecule has 1 N–H and O–H groups in total. The molecule has 1 atom stereocenters. The van der Waals surface area contributed by atoms with Crippen LogP contribution in [-0.2, 0) is 16.6 Å². The summed E-state index contributed by atoms with van der Waals surface area (Å²) in [6.07, 6.45) is 4.16. The van der Waals surface area contributed by atoms with Crippen molar-refractivity contribution in [2.45, 2.75) is 38.3 Å². The van der Waals surface area contributed by atoms with Crippen LogP contribution in [0.2, 0.25) is 0 Å². The molecule has 142 valence electrons. The highest BCUT2D eigenvalue weighted by molar-refractivity contribution is 6.14. The van der Waals surface area contributed by atoms with Gasteiger partial charge in [-0.05, 0) is 57.5 Å². The maximum Gasteiger partial charge on any atom is 0.250 e. The molecule has 3 heterocycles. The van der Waals surface area contributed by atoms with Crippen LogP contribution in [0.25, 0.3) is 0 Å².